The number of aromatic nitrogens is 1. The topological polar surface area (TPSA) is 97.1 Å². The summed E-state index contributed by atoms with van der Waals surface area (Å²) < 4.78 is 28.0. The minimum atomic E-state index is -3.62. The van der Waals surface area contributed by atoms with E-state index in [9.17, 15) is 8.42 Å². The maximum absolute atomic E-state index is 12.4. The number of pyridine rings is 1. The second-order valence-electron chi connectivity index (χ2n) is 4.15. The monoisotopic (exact) mass is 366 g/mol. The van der Waals surface area contributed by atoms with Gasteiger partial charge in [0.15, 0.2) is 5.82 Å². The number of hydrazine groups is 1. The maximum atomic E-state index is 12.4. The van der Waals surface area contributed by atoms with Crippen molar-refractivity contribution in [2.24, 2.45) is 5.84 Å². The summed E-state index contributed by atoms with van der Waals surface area (Å²) in [5.41, 5.74) is 2.31. The Morgan fingerprint density at radius 2 is 2.11 bits per heavy atom. The molecule has 0 unspecified atom stereocenters. The third kappa shape index (κ3) is 3.82. The van der Waals surface area contributed by atoms with Gasteiger partial charge in [-0.05, 0) is 46.3 Å². The van der Waals surface area contributed by atoms with Gasteiger partial charge in [-0.2, -0.15) is 11.8 Å². The summed E-state index contributed by atoms with van der Waals surface area (Å²) >= 11 is 5.06. The van der Waals surface area contributed by atoms with Crippen LogP contribution in [0.1, 0.15) is 12.8 Å². The molecular formula is C10H15BrN4O2S2. The Hall–Kier alpha value is -0.350. The van der Waals surface area contributed by atoms with E-state index in [0.29, 0.717) is 4.47 Å². The van der Waals surface area contributed by atoms with Crippen LogP contribution in [0.4, 0.5) is 5.82 Å². The van der Waals surface area contributed by atoms with Crippen molar-refractivity contribution in [3.8, 4) is 0 Å². The zero-order valence-corrected chi connectivity index (χ0v) is 13.3. The minimum absolute atomic E-state index is 0.0177. The highest BCUT2D eigenvalue weighted by molar-refractivity contribution is 9.10. The van der Waals surface area contributed by atoms with Gasteiger partial charge in [-0.15, -0.1) is 0 Å². The van der Waals surface area contributed by atoms with Crippen LogP contribution in [-0.4, -0.2) is 30.9 Å². The standard InChI is InChI=1S/C10H15BrN4O2S2/c11-7-5-9(10(14-12)13-6-7)19(16,17)15-8-1-3-18-4-2-8/h5-6,8,15H,1-4,12H2,(H,13,14). The van der Waals surface area contributed by atoms with Crippen molar-refractivity contribution < 1.29 is 8.42 Å². The number of nitrogen functional groups attached to an aromatic ring is 1. The molecule has 2 rings (SSSR count). The predicted molar refractivity (Wildman–Crippen MR) is 80.4 cm³/mol. The van der Waals surface area contributed by atoms with Crippen LogP contribution in [0.3, 0.4) is 0 Å². The van der Waals surface area contributed by atoms with Crippen LogP contribution in [0.15, 0.2) is 21.6 Å². The Kier molecular flexibility index (Phi) is 5.07. The van der Waals surface area contributed by atoms with E-state index >= 15 is 0 Å². The Morgan fingerprint density at radius 1 is 1.42 bits per heavy atom. The first-order valence-electron chi connectivity index (χ1n) is 5.75. The number of nitrogens with two attached hydrogens (primary N) is 1. The number of rotatable bonds is 4. The average Bonchev–Trinajstić information content (AvgIpc) is 2.39. The Labute approximate surface area is 125 Å². The highest BCUT2D eigenvalue weighted by Gasteiger charge is 2.25. The lowest BCUT2D eigenvalue weighted by atomic mass is 10.2. The second-order valence-corrected chi connectivity index (χ2v) is 7.98. The number of nitrogens with zero attached hydrogens (tertiary/aromatic N) is 1. The molecule has 1 aromatic rings. The zero-order chi connectivity index (χ0) is 13.9. The van der Waals surface area contributed by atoms with Crippen LogP contribution in [0.2, 0.25) is 0 Å². The van der Waals surface area contributed by atoms with Crippen molar-refractivity contribution in [3.63, 3.8) is 0 Å². The Balaban J connectivity index is 2.25. The largest absolute Gasteiger partial charge is 0.307 e. The fourth-order valence-corrected chi connectivity index (χ4v) is 4.87. The van der Waals surface area contributed by atoms with Gasteiger partial charge in [0.2, 0.25) is 10.0 Å². The first kappa shape index (κ1) is 15.0. The van der Waals surface area contributed by atoms with E-state index in [1.165, 1.54) is 12.3 Å². The molecule has 2 heterocycles. The van der Waals surface area contributed by atoms with Crippen LogP contribution < -0.4 is 16.0 Å². The SMILES string of the molecule is NNc1ncc(Br)cc1S(=O)(=O)NC1CCSCC1. The third-order valence-electron chi connectivity index (χ3n) is 2.79. The van der Waals surface area contributed by atoms with Gasteiger partial charge in [0.25, 0.3) is 0 Å². The highest BCUT2D eigenvalue weighted by Crippen LogP contribution is 2.24. The molecule has 19 heavy (non-hydrogen) atoms. The summed E-state index contributed by atoms with van der Waals surface area (Å²) in [5.74, 6) is 7.40. The van der Waals surface area contributed by atoms with E-state index in [0.717, 1.165) is 24.3 Å². The lowest BCUT2D eigenvalue weighted by Crippen LogP contribution is -2.37. The number of anilines is 1. The lowest BCUT2D eigenvalue weighted by molar-refractivity contribution is 0.529. The molecule has 0 spiro atoms. The Morgan fingerprint density at radius 3 is 2.74 bits per heavy atom. The van der Waals surface area contributed by atoms with Crippen molar-refractivity contribution in [3.05, 3.63) is 16.7 Å². The van der Waals surface area contributed by atoms with Gasteiger partial charge in [-0.25, -0.2) is 24.0 Å². The van der Waals surface area contributed by atoms with Gasteiger partial charge >= 0.3 is 0 Å². The number of sulfonamides is 1. The number of nitrogens with one attached hydrogen (secondary N) is 2. The lowest BCUT2D eigenvalue weighted by Gasteiger charge is -2.22. The molecule has 4 N–H and O–H groups in total. The fourth-order valence-electron chi connectivity index (χ4n) is 1.83. The average molecular weight is 367 g/mol. The normalized spacial score (nSPS) is 17.4. The third-order valence-corrected chi connectivity index (χ3v) is 5.80. The molecule has 0 amide bonds. The van der Waals surface area contributed by atoms with Crippen LogP contribution in [0.25, 0.3) is 0 Å². The molecule has 0 aliphatic carbocycles. The molecular weight excluding hydrogens is 352 g/mol. The zero-order valence-electron chi connectivity index (χ0n) is 10.1. The van der Waals surface area contributed by atoms with Gasteiger partial charge in [0.1, 0.15) is 4.90 Å². The minimum Gasteiger partial charge on any atom is -0.307 e. The van der Waals surface area contributed by atoms with Crippen LogP contribution in [0.5, 0.6) is 0 Å². The first-order valence-corrected chi connectivity index (χ1v) is 9.18. The van der Waals surface area contributed by atoms with E-state index in [1.54, 1.807) is 0 Å². The van der Waals surface area contributed by atoms with Crippen molar-refractivity contribution in [2.75, 3.05) is 16.9 Å². The highest BCUT2D eigenvalue weighted by atomic mass is 79.9. The summed E-state index contributed by atoms with van der Waals surface area (Å²) in [5, 5.41) is 0. The molecule has 1 fully saturated rings. The van der Waals surface area contributed by atoms with E-state index in [4.69, 9.17) is 5.84 Å². The van der Waals surface area contributed by atoms with Crippen molar-refractivity contribution in [1.29, 1.82) is 0 Å². The fraction of sp³-hybridized carbons (Fsp3) is 0.500. The number of hydrogen-bond donors (Lipinski definition) is 3. The van der Waals surface area contributed by atoms with Crippen molar-refractivity contribution >= 4 is 43.5 Å². The van der Waals surface area contributed by atoms with Crippen molar-refractivity contribution in [1.82, 2.24) is 9.71 Å². The molecule has 0 saturated carbocycles. The molecule has 106 valence electrons. The van der Waals surface area contributed by atoms with E-state index in [-0.39, 0.29) is 16.8 Å². The van der Waals surface area contributed by atoms with E-state index < -0.39 is 10.0 Å². The number of hydrogen-bond acceptors (Lipinski definition) is 6. The van der Waals surface area contributed by atoms with Crippen LogP contribution in [0, 0.1) is 0 Å². The smallest absolute Gasteiger partial charge is 0.244 e. The summed E-state index contributed by atoms with van der Waals surface area (Å²) in [7, 11) is -3.62. The molecule has 0 radical (unpaired) electrons. The molecule has 1 saturated heterocycles. The number of halogens is 1. The summed E-state index contributed by atoms with van der Waals surface area (Å²) in [6.07, 6.45) is 3.18. The first-order chi connectivity index (χ1) is 9.03. The van der Waals surface area contributed by atoms with E-state index in [1.807, 2.05) is 11.8 Å². The number of thioether (sulfide) groups is 1. The molecule has 0 atom stereocenters. The summed E-state index contributed by atoms with van der Waals surface area (Å²) in [4.78, 5) is 4.01. The summed E-state index contributed by atoms with van der Waals surface area (Å²) in [6.45, 7) is 0. The van der Waals surface area contributed by atoms with Gasteiger partial charge < -0.3 is 5.43 Å². The van der Waals surface area contributed by atoms with Gasteiger partial charge in [0.05, 0.1) is 0 Å². The van der Waals surface area contributed by atoms with Crippen molar-refractivity contribution in [2.45, 2.75) is 23.8 Å². The second kappa shape index (κ2) is 6.40. The van der Waals surface area contributed by atoms with Crippen LogP contribution in [-0.2, 0) is 10.0 Å². The summed E-state index contributed by atoms with van der Waals surface area (Å²) in [6, 6.07) is 1.47. The molecule has 1 aromatic heterocycles. The molecule has 1 aliphatic heterocycles. The molecule has 6 nitrogen and oxygen atoms in total. The van der Waals surface area contributed by atoms with Gasteiger partial charge in [-0.1, -0.05) is 0 Å². The van der Waals surface area contributed by atoms with Gasteiger partial charge in [-0.3, -0.25) is 0 Å². The quantitative estimate of drug-likeness (QED) is 0.548. The van der Waals surface area contributed by atoms with E-state index in [2.05, 4.69) is 31.1 Å². The molecule has 9 heteroatoms. The molecule has 1 aliphatic rings. The molecule has 0 bridgehead atoms. The Bertz CT molecular complexity index is 546. The predicted octanol–water partition coefficient (Wildman–Crippen LogP) is 1.30. The van der Waals surface area contributed by atoms with Gasteiger partial charge in [0, 0.05) is 16.7 Å². The maximum Gasteiger partial charge on any atom is 0.244 e. The van der Waals surface area contributed by atoms with Crippen LogP contribution >= 0.6 is 27.7 Å². The molecule has 0 aromatic carbocycles.